The van der Waals surface area contributed by atoms with Gasteiger partial charge in [0.1, 0.15) is 0 Å². The fraction of sp³-hybridized carbons (Fsp3) is 0.833. The third-order valence-electron chi connectivity index (χ3n) is 1.34. The lowest BCUT2D eigenvalue weighted by Gasteiger charge is -2.13. The first-order valence-electron chi connectivity index (χ1n) is 3.08. The van der Waals surface area contributed by atoms with E-state index in [2.05, 4.69) is 0 Å². The van der Waals surface area contributed by atoms with Gasteiger partial charge in [0.2, 0.25) is 0 Å². The van der Waals surface area contributed by atoms with E-state index in [1.54, 1.807) is 6.92 Å². The summed E-state index contributed by atoms with van der Waals surface area (Å²) in [5, 5.41) is 25.5. The largest absolute Gasteiger partial charge is 0.481 e. The van der Waals surface area contributed by atoms with Crippen LogP contribution in [0.4, 0.5) is 0 Å². The molecule has 0 bridgehead atoms. The fourth-order valence-electron chi connectivity index (χ4n) is 0.591. The van der Waals surface area contributed by atoms with Crippen molar-refractivity contribution in [2.75, 3.05) is 6.61 Å². The first-order chi connectivity index (χ1) is 4.57. The predicted molar refractivity (Wildman–Crippen MR) is 34.5 cm³/mol. The lowest BCUT2D eigenvalue weighted by atomic mass is 10.0. The predicted octanol–water partition coefficient (Wildman–Crippen LogP) is -0.550. The van der Waals surface area contributed by atoms with E-state index in [0.29, 0.717) is 0 Å². The summed E-state index contributed by atoms with van der Waals surface area (Å²) < 4.78 is 0. The number of rotatable bonds is 4. The molecule has 0 aliphatic carbocycles. The molecule has 0 spiro atoms. The highest BCUT2D eigenvalue weighted by Crippen LogP contribution is 2.06. The quantitative estimate of drug-likeness (QED) is 0.500. The Kier molecular flexibility index (Phi) is 3.99. The molecule has 1 unspecified atom stereocenters. The highest BCUT2D eigenvalue weighted by atomic mass is 16.4. The number of carbonyl (C=O) groups is 1. The van der Waals surface area contributed by atoms with Crippen LogP contribution >= 0.6 is 0 Å². The second kappa shape index (κ2) is 4.24. The third kappa shape index (κ3) is 3.42. The average molecular weight is 148 g/mol. The summed E-state index contributed by atoms with van der Waals surface area (Å²) >= 11 is 0. The molecule has 0 radical (unpaired) electrons. The zero-order valence-corrected chi connectivity index (χ0v) is 5.82. The van der Waals surface area contributed by atoms with Crippen LogP contribution in [0.25, 0.3) is 0 Å². The number of carboxylic acids is 1. The van der Waals surface area contributed by atoms with E-state index >= 15 is 0 Å². The first kappa shape index (κ1) is 9.39. The van der Waals surface area contributed by atoms with Crippen molar-refractivity contribution in [2.24, 2.45) is 5.92 Å². The Bertz CT molecular complexity index is 112. The Morgan fingerprint density at radius 1 is 1.60 bits per heavy atom. The summed E-state index contributed by atoms with van der Waals surface area (Å²) in [6.07, 6.45) is -1.03. The van der Waals surface area contributed by atoms with Gasteiger partial charge < -0.3 is 15.3 Å². The van der Waals surface area contributed by atoms with Crippen molar-refractivity contribution in [3.63, 3.8) is 0 Å². The van der Waals surface area contributed by atoms with E-state index in [0.717, 1.165) is 0 Å². The molecule has 0 fully saturated rings. The second-order valence-electron chi connectivity index (χ2n) is 2.33. The van der Waals surface area contributed by atoms with Gasteiger partial charge in [-0.05, 0) is 5.92 Å². The second-order valence-corrected chi connectivity index (χ2v) is 2.33. The molecule has 0 aromatic carbocycles. The summed E-state index contributed by atoms with van der Waals surface area (Å²) in [4.78, 5) is 10.0. The smallest absolute Gasteiger partial charge is 0.303 e. The third-order valence-corrected chi connectivity index (χ3v) is 1.34. The van der Waals surface area contributed by atoms with Gasteiger partial charge >= 0.3 is 5.97 Å². The van der Waals surface area contributed by atoms with Crippen LogP contribution < -0.4 is 0 Å². The minimum Gasteiger partial charge on any atom is -0.481 e. The molecule has 0 heterocycles. The van der Waals surface area contributed by atoms with Crippen LogP contribution in [0.3, 0.4) is 0 Å². The molecule has 0 rings (SSSR count). The molecule has 4 heteroatoms. The number of hydrogen-bond acceptors (Lipinski definition) is 3. The maximum atomic E-state index is 10.0. The maximum absolute atomic E-state index is 10.0. The molecule has 0 aliphatic rings. The van der Waals surface area contributed by atoms with Crippen LogP contribution in [0.1, 0.15) is 13.3 Å². The molecular formula is C6H12O4. The summed E-state index contributed by atoms with van der Waals surface area (Å²) in [6, 6.07) is 0. The molecule has 0 saturated carbocycles. The summed E-state index contributed by atoms with van der Waals surface area (Å²) in [5.74, 6) is -1.34. The van der Waals surface area contributed by atoms with E-state index < -0.39 is 12.1 Å². The molecule has 0 amide bonds. The maximum Gasteiger partial charge on any atom is 0.303 e. The Morgan fingerprint density at radius 3 is 2.40 bits per heavy atom. The molecule has 10 heavy (non-hydrogen) atoms. The summed E-state index contributed by atoms with van der Waals surface area (Å²) in [5.41, 5.74) is 0. The molecule has 0 saturated heterocycles. The molecule has 0 aliphatic heterocycles. The summed E-state index contributed by atoms with van der Waals surface area (Å²) in [6.45, 7) is 1.20. The van der Waals surface area contributed by atoms with Gasteiger partial charge in [0, 0.05) is 0 Å². The Hall–Kier alpha value is -0.610. The number of carboxylic acid groups (broad SMARTS) is 1. The molecule has 0 aromatic rings. The number of aliphatic hydroxyl groups excluding tert-OH is 2. The zero-order chi connectivity index (χ0) is 8.15. The highest BCUT2D eigenvalue weighted by Gasteiger charge is 2.15. The van der Waals surface area contributed by atoms with Crippen molar-refractivity contribution >= 4 is 5.97 Å². The van der Waals surface area contributed by atoms with E-state index in [9.17, 15) is 4.79 Å². The lowest BCUT2D eigenvalue weighted by molar-refractivity contribution is -0.139. The SMILES string of the molecule is C[C@@H](CC(=O)O)C(O)CO. The zero-order valence-electron chi connectivity index (χ0n) is 5.82. The lowest BCUT2D eigenvalue weighted by Crippen LogP contribution is -2.23. The Balaban J connectivity index is 3.61. The van der Waals surface area contributed by atoms with Crippen molar-refractivity contribution in [1.82, 2.24) is 0 Å². The van der Waals surface area contributed by atoms with Crippen molar-refractivity contribution in [1.29, 1.82) is 0 Å². The fourth-order valence-corrected chi connectivity index (χ4v) is 0.591. The normalized spacial score (nSPS) is 16.3. The van der Waals surface area contributed by atoms with Crippen LogP contribution in [-0.4, -0.2) is 34.0 Å². The molecule has 2 atom stereocenters. The molecule has 4 nitrogen and oxygen atoms in total. The van der Waals surface area contributed by atoms with Crippen LogP contribution in [-0.2, 0) is 4.79 Å². The van der Waals surface area contributed by atoms with Crippen molar-refractivity contribution in [2.45, 2.75) is 19.4 Å². The van der Waals surface area contributed by atoms with Gasteiger partial charge in [0.15, 0.2) is 0 Å². The topological polar surface area (TPSA) is 77.8 Å². The Morgan fingerprint density at radius 2 is 2.10 bits per heavy atom. The highest BCUT2D eigenvalue weighted by molar-refractivity contribution is 5.67. The summed E-state index contributed by atoms with van der Waals surface area (Å²) in [7, 11) is 0. The van der Waals surface area contributed by atoms with Crippen LogP contribution in [0.5, 0.6) is 0 Å². The van der Waals surface area contributed by atoms with Gasteiger partial charge in [0.25, 0.3) is 0 Å². The van der Waals surface area contributed by atoms with Gasteiger partial charge in [0.05, 0.1) is 19.1 Å². The average Bonchev–Trinajstić information content (AvgIpc) is 1.85. The monoisotopic (exact) mass is 148 g/mol. The van der Waals surface area contributed by atoms with E-state index in [1.165, 1.54) is 0 Å². The van der Waals surface area contributed by atoms with E-state index in [1.807, 2.05) is 0 Å². The van der Waals surface area contributed by atoms with Gasteiger partial charge in [-0.1, -0.05) is 6.92 Å². The van der Waals surface area contributed by atoms with E-state index in [-0.39, 0.29) is 18.9 Å². The molecule has 60 valence electrons. The van der Waals surface area contributed by atoms with Crippen LogP contribution in [0, 0.1) is 5.92 Å². The Labute approximate surface area is 59.1 Å². The van der Waals surface area contributed by atoms with Crippen LogP contribution in [0.2, 0.25) is 0 Å². The van der Waals surface area contributed by atoms with Crippen molar-refractivity contribution in [3.05, 3.63) is 0 Å². The van der Waals surface area contributed by atoms with Gasteiger partial charge in [-0.25, -0.2) is 0 Å². The van der Waals surface area contributed by atoms with Crippen molar-refractivity contribution in [3.8, 4) is 0 Å². The molecule has 3 N–H and O–H groups in total. The standard InChI is InChI=1S/C6H12O4/c1-4(2-6(9)10)5(8)3-7/h4-5,7-8H,2-3H2,1H3,(H,9,10)/t4-,5?/m0/s1. The minimum atomic E-state index is -0.958. The van der Waals surface area contributed by atoms with Gasteiger partial charge in [-0.2, -0.15) is 0 Å². The van der Waals surface area contributed by atoms with Gasteiger partial charge in [-0.15, -0.1) is 0 Å². The molecule has 0 aromatic heterocycles. The number of hydrogen-bond donors (Lipinski definition) is 3. The van der Waals surface area contributed by atoms with E-state index in [4.69, 9.17) is 15.3 Å². The van der Waals surface area contributed by atoms with Crippen molar-refractivity contribution < 1.29 is 20.1 Å². The van der Waals surface area contributed by atoms with Crippen LogP contribution in [0.15, 0.2) is 0 Å². The number of aliphatic carboxylic acids is 1. The number of aliphatic hydroxyl groups is 2. The molecular weight excluding hydrogens is 136 g/mol. The first-order valence-corrected chi connectivity index (χ1v) is 3.08. The minimum absolute atomic E-state index is 0.109. The van der Waals surface area contributed by atoms with Gasteiger partial charge in [-0.3, -0.25) is 4.79 Å².